The van der Waals surface area contributed by atoms with E-state index >= 15 is 0 Å². The maximum absolute atomic E-state index is 11.5. The van der Waals surface area contributed by atoms with Crippen molar-refractivity contribution in [2.24, 2.45) is 0 Å². The van der Waals surface area contributed by atoms with Crippen molar-refractivity contribution in [1.29, 1.82) is 0 Å². The predicted molar refractivity (Wildman–Crippen MR) is 70.5 cm³/mol. The first-order valence-electron chi connectivity index (χ1n) is 6.32. The zero-order valence-corrected chi connectivity index (χ0v) is 11.0. The summed E-state index contributed by atoms with van der Waals surface area (Å²) in [6.07, 6.45) is 0. The lowest BCUT2D eigenvalue weighted by molar-refractivity contribution is 0.0600. The Labute approximate surface area is 108 Å². The maximum atomic E-state index is 11.5. The minimum atomic E-state index is -0.273. The SMILES string of the molecule is COC(=O)c1cccc(CN2CCNC[C@@H]2C)c1. The van der Waals surface area contributed by atoms with Crippen LogP contribution in [0.25, 0.3) is 0 Å². The lowest BCUT2D eigenvalue weighted by Crippen LogP contribution is -2.49. The second kappa shape index (κ2) is 5.98. The van der Waals surface area contributed by atoms with Gasteiger partial charge in [-0.2, -0.15) is 0 Å². The van der Waals surface area contributed by atoms with Crippen molar-refractivity contribution in [3.63, 3.8) is 0 Å². The molecular formula is C14H20N2O2. The average Bonchev–Trinajstić information content (AvgIpc) is 2.41. The lowest BCUT2D eigenvalue weighted by Gasteiger charge is -2.33. The van der Waals surface area contributed by atoms with Gasteiger partial charge in [-0.1, -0.05) is 12.1 Å². The van der Waals surface area contributed by atoms with Crippen molar-refractivity contribution in [2.75, 3.05) is 26.7 Å². The summed E-state index contributed by atoms with van der Waals surface area (Å²) in [4.78, 5) is 13.9. The molecule has 1 aliphatic heterocycles. The standard InChI is InChI=1S/C14H20N2O2/c1-11-9-15-6-7-16(11)10-12-4-3-5-13(8-12)14(17)18-2/h3-5,8,11,15H,6-7,9-10H2,1-2H3/t11-/m0/s1. The normalized spacial score (nSPS) is 20.7. The smallest absolute Gasteiger partial charge is 0.337 e. The van der Waals surface area contributed by atoms with Gasteiger partial charge in [-0.15, -0.1) is 0 Å². The van der Waals surface area contributed by atoms with Crippen LogP contribution in [-0.4, -0.2) is 43.7 Å². The molecule has 1 aliphatic rings. The third-order valence-corrected chi connectivity index (χ3v) is 3.37. The molecule has 1 fully saturated rings. The summed E-state index contributed by atoms with van der Waals surface area (Å²) >= 11 is 0. The van der Waals surface area contributed by atoms with E-state index < -0.39 is 0 Å². The molecule has 1 aromatic carbocycles. The monoisotopic (exact) mass is 248 g/mol. The molecule has 0 amide bonds. The largest absolute Gasteiger partial charge is 0.465 e. The van der Waals surface area contributed by atoms with E-state index in [2.05, 4.69) is 23.2 Å². The van der Waals surface area contributed by atoms with E-state index in [0.29, 0.717) is 11.6 Å². The van der Waals surface area contributed by atoms with Crippen molar-refractivity contribution in [1.82, 2.24) is 10.2 Å². The van der Waals surface area contributed by atoms with Crippen LogP contribution in [0.1, 0.15) is 22.8 Å². The summed E-state index contributed by atoms with van der Waals surface area (Å²) in [6.45, 7) is 6.20. The van der Waals surface area contributed by atoms with E-state index in [1.807, 2.05) is 12.1 Å². The fourth-order valence-corrected chi connectivity index (χ4v) is 2.27. The van der Waals surface area contributed by atoms with Crippen LogP contribution in [0.5, 0.6) is 0 Å². The molecule has 0 unspecified atom stereocenters. The maximum Gasteiger partial charge on any atom is 0.337 e. The van der Waals surface area contributed by atoms with Crippen molar-refractivity contribution in [3.8, 4) is 0 Å². The summed E-state index contributed by atoms with van der Waals surface area (Å²) in [5.74, 6) is -0.273. The number of carbonyl (C=O) groups is 1. The number of piperazine rings is 1. The highest BCUT2D eigenvalue weighted by molar-refractivity contribution is 5.89. The number of esters is 1. The molecular weight excluding hydrogens is 228 g/mol. The summed E-state index contributed by atoms with van der Waals surface area (Å²) in [6, 6.07) is 8.20. The number of carbonyl (C=O) groups excluding carboxylic acids is 1. The third kappa shape index (κ3) is 3.09. The topological polar surface area (TPSA) is 41.6 Å². The molecule has 1 saturated heterocycles. The highest BCUT2D eigenvalue weighted by Gasteiger charge is 2.18. The molecule has 2 rings (SSSR count). The molecule has 0 saturated carbocycles. The zero-order valence-electron chi connectivity index (χ0n) is 11.0. The van der Waals surface area contributed by atoms with Crippen LogP contribution < -0.4 is 5.32 Å². The van der Waals surface area contributed by atoms with Gasteiger partial charge >= 0.3 is 5.97 Å². The zero-order chi connectivity index (χ0) is 13.0. The number of nitrogens with one attached hydrogen (secondary N) is 1. The van der Waals surface area contributed by atoms with Crippen LogP contribution in [-0.2, 0) is 11.3 Å². The molecule has 1 atom stereocenters. The van der Waals surface area contributed by atoms with Gasteiger partial charge in [-0.25, -0.2) is 4.79 Å². The second-order valence-corrected chi connectivity index (χ2v) is 4.72. The predicted octanol–water partition coefficient (Wildman–Crippen LogP) is 1.27. The number of methoxy groups -OCH3 is 1. The molecule has 1 heterocycles. The van der Waals surface area contributed by atoms with Gasteiger partial charge in [-0.3, -0.25) is 4.90 Å². The summed E-state index contributed by atoms with van der Waals surface area (Å²) < 4.78 is 4.74. The van der Waals surface area contributed by atoms with E-state index in [9.17, 15) is 4.79 Å². The van der Waals surface area contributed by atoms with Crippen molar-refractivity contribution < 1.29 is 9.53 Å². The van der Waals surface area contributed by atoms with Crippen molar-refractivity contribution in [2.45, 2.75) is 19.5 Å². The van der Waals surface area contributed by atoms with Crippen LogP contribution in [0.4, 0.5) is 0 Å². The Bertz CT molecular complexity index is 420. The van der Waals surface area contributed by atoms with E-state index in [-0.39, 0.29) is 5.97 Å². The molecule has 4 heteroatoms. The molecule has 0 bridgehead atoms. The molecule has 4 nitrogen and oxygen atoms in total. The minimum absolute atomic E-state index is 0.273. The van der Waals surface area contributed by atoms with E-state index in [4.69, 9.17) is 4.74 Å². The summed E-state index contributed by atoms with van der Waals surface area (Å²) in [5.41, 5.74) is 1.78. The van der Waals surface area contributed by atoms with Gasteiger partial charge in [0.2, 0.25) is 0 Å². The second-order valence-electron chi connectivity index (χ2n) is 4.72. The number of rotatable bonds is 3. The fourth-order valence-electron chi connectivity index (χ4n) is 2.27. The molecule has 1 aromatic rings. The Hall–Kier alpha value is -1.39. The quantitative estimate of drug-likeness (QED) is 0.818. The summed E-state index contributed by atoms with van der Waals surface area (Å²) in [7, 11) is 1.41. The Balaban J connectivity index is 2.06. The first-order valence-corrected chi connectivity index (χ1v) is 6.32. The van der Waals surface area contributed by atoms with Gasteiger partial charge in [0.1, 0.15) is 0 Å². The highest BCUT2D eigenvalue weighted by atomic mass is 16.5. The number of nitrogens with zero attached hydrogens (tertiary/aromatic N) is 1. The Morgan fingerprint density at radius 3 is 3.11 bits per heavy atom. The highest BCUT2D eigenvalue weighted by Crippen LogP contribution is 2.12. The summed E-state index contributed by atoms with van der Waals surface area (Å²) in [5, 5.41) is 3.37. The van der Waals surface area contributed by atoms with Crippen LogP contribution in [0.2, 0.25) is 0 Å². The van der Waals surface area contributed by atoms with Gasteiger partial charge in [-0.05, 0) is 24.6 Å². The number of ether oxygens (including phenoxy) is 1. The van der Waals surface area contributed by atoms with Gasteiger partial charge < -0.3 is 10.1 Å². The van der Waals surface area contributed by atoms with E-state index in [1.54, 1.807) is 6.07 Å². The minimum Gasteiger partial charge on any atom is -0.465 e. The van der Waals surface area contributed by atoms with Crippen LogP contribution in [0, 0.1) is 0 Å². The van der Waals surface area contributed by atoms with Gasteiger partial charge in [0, 0.05) is 32.2 Å². The molecule has 0 aliphatic carbocycles. The first kappa shape index (κ1) is 13.1. The van der Waals surface area contributed by atoms with Crippen molar-refractivity contribution in [3.05, 3.63) is 35.4 Å². The Kier molecular flexibility index (Phi) is 4.33. The van der Waals surface area contributed by atoms with E-state index in [0.717, 1.165) is 31.7 Å². The molecule has 0 spiro atoms. The molecule has 18 heavy (non-hydrogen) atoms. The van der Waals surface area contributed by atoms with Gasteiger partial charge in [0.05, 0.1) is 12.7 Å². The average molecular weight is 248 g/mol. The number of hydrogen-bond donors (Lipinski definition) is 1. The Morgan fingerprint density at radius 2 is 2.39 bits per heavy atom. The van der Waals surface area contributed by atoms with Crippen LogP contribution in [0.15, 0.2) is 24.3 Å². The molecule has 1 N–H and O–H groups in total. The first-order chi connectivity index (χ1) is 8.70. The molecule has 0 aromatic heterocycles. The van der Waals surface area contributed by atoms with Crippen LogP contribution in [0.3, 0.4) is 0 Å². The number of hydrogen-bond acceptors (Lipinski definition) is 4. The lowest BCUT2D eigenvalue weighted by atomic mass is 10.1. The van der Waals surface area contributed by atoms with E-state index in [1.165, 1.54) is 7.11 Å². The third-order valence-electron chi connectivity index (χ3n) is 3.37. The van der Waals surface area contributed by atoms with Gasteiger partial charge in [0.25, 0.3) is 0 Å². The van der Waals surface area contributed by atoms with Crippen molar-refractivity contribution >= 4 is 5.97 Å². The van der Waals surface area contributed by atoms with Gasteiger partial charge in [0.15, 0.2) is 0 Å². The molecule has 0 radical (unpaired) electrons. The fraction of sp³-hybridized carbons (Fsp3) is 0.500. The number of benzene rings is 1. The van der Waals surface area contributed by atoms with Crippen LogP contribution >= 0.6 is 0 Å². The Morgan fingerprint density at radius 1 is 1.56 bits per heavy atom. The molecule has 98 valence electrons.